The van der Waals surface area contributed by atoms with Gasteiger partial charge in [0.15, 0.2) is 5.58 Å². The number of hydrogen-bond donors (Lipinski definition) is 0. The van der Waals surface area contributed by atoms with Gasteiger partial charge >= 0.3 is 0 Å². The van der Waals surface area contributed by atoms with Crippen LogP contribution in [0.25, 0.3) is 71.7 Å². The average Bonchev–Trinajstić information content (AvgIpc) is 3.76. The minimum absolute atomic E-state index is 0.861. The highest BCUT2D eigenvalue weighted by Gasteiger charge is 2.22. The molecule has 0 radical (unpaired) electrons. The number of benzene rings is 8. The van der Waals surface area contributed by atoms with Crippen LogP contribution in [-0.4, -0.2) is 4.57 Å². The summed E-state index contributed by atoms with van der Waals surface area (Å²) in [5.74, 6) is 0. The molecule has 0 fully saturated rings. The van der Waals surface area contributed by atoms with Gasteiger partial charge in [-0.2, -0.15) is 0 Å². The summed E-state index contributed by atoms with van der Waals surface area (Å²) in [4.78, 5) is 2.35. The van der Waals surface area contributed by atoms with Gasteiger partial charge in [0.25, 0.3) is 0 Å². The van der Waals surface area contributed by atoms with E-state index < -0.39 is 0 Å². The standard InChI is InChI=1S/C48H32N2O/c1-2-14-33(15-3-1)34-28-30-36(31-29-34)49(46-26-13-22-42-41-21-7-11-27-47(41)51-48(42)46)43-23-8-4-18-38(43)35-16-12-17-37(32-35)50-44-24-9-5-19-39(44)40-20-6-10-25-45(40)50/h1-32H. The Morgan fingerprint density at radius 2 is 0.961 bits per heavy atom. The maximum absolute atomic E-state index is 6.65. The van der Waals surface area contributed by atoms with Crippen LogP contribution in [0.15, 0.2) is 199 Å². The van der Waals surface area contributed by atoms with Gasteiger partial charge < -0.3 is 13.9 Å². The van der Waals surface area contributed by atoms with E-state index in [1.807, 2.05) is 12.1 Å². The highest BCUT2D eigenvalue weighted by Crippen LogP contribution is 2.46. The molecular formula is C48H32N2O. The number of fused-ring (bicyclic) bond motifs is 6. The molecule has 240 valence electrons. The zero-order valence-electron chi connectivity index (χ0n) is 27.8. The maximum Gasteiger partial charge on any atom is 0.159 e. The SMILES string of the molecule is c1ccc(-c2ccc(N(c3ccccc3-c3cccc(-n4c5ccccc5c5ccccc54)c3)c3cccc4c3oc3ccccc34)cc2)cc1. The second-order valence-corrected chi connectivity index (χ2v) is 12.9. The second-order valence-electron chi connectivity index (χ2n) is 12.9. The maximum atomic E-state index is 6.65. The number of furan rings is 1. The molecule has 0 unspecified atom stereocenters. The number of para-hydroxylation sites is 5. The molecule has 8 aromatic carbocycles. The molecule has 10 aromatic rings. The van der Waals surface area contributed by atoms with Crippen LogP contribution in [0, 0.1) is 0 Å². The van der Waals surface area contributed by atoms with Crippen molar-refractivity contribution in [2.75, 3.05) is 4.90 Å². The van der Waals surface area contributed by atoms with Crippen molar-refractivity contribution in [2.45, 2.75) is 0 Å². The lowest BCUT2D eigenvalue weighted by Gasteiger charge is -2.28. The number of aromatic nitrogens is 1. The lowest BCUT2D eigenvalue weighted by Crippen LogP contribution is -2.11. The Morgan fingerprint density at radius 3 is 1.75 bits per heavy atom. The van der Waals surface area contributed by atoms with E-state index in [1.165, 1.54) is 32.9 Å². The van der Waals surface area contributed by atoms with Gasteiger partial charge in [-0.3, -0.25) is 0 Å². The molecular weight excluding hydrogens is 621 g/mol. The fourth-order valence-electron chi connectivity index (χ4n) is 7.68. The van der Waals surface area contributed by atoms with Gasteiger partial charge in [-0.05, 0) is 71.3 Å². The van der Waals surface area contributed by atoms with Gasteiger partial charge in [0, 0.05) is 38.5 Å². The quantitative estimate of drug-likeness (QED) is 0.178. The van der Waals surface area contributed by atoms with Crippen LogP contribution in [0.5, 0.6) is 0 Å². The topological polar surface area (TPSA) is 21.3 Å². The normalized spacial score (nSPS) is 11.5. The predicted octanol–water partition coefficient (Wildman–Crippen LogP) is 13.5. The highest BCUT2D eigenvalue weighted by molar-refractivity contribution is 6.11. The van der Waals surface area contributed by atoms with Gasteiger partial charge in [0.1, 0.15) is 5.58 Å². The van der Waals surface area contributed by atoms with Gasteiger partial charge in [0.05, 0.1) is 22.4 Å². The molecule has 0 saturated carbocycles. The van der Waals surface area contributed by atoms with Crippen LogP contribution in [0.3, 0.4) is 0 Å². The molecule has 0 aliphatic rings. The van der Waals surface area contributed by atoms with Crippen LogP contribution in [0.1, 0.15) is 0 Å². The summed E-state index contributed by atoms with van der Waals surface area (Å²) < 4.78 is 9.03. The molecule has 3 nitrogen and oxygen atoms in total. The first-order valence-corrected chi connectivity index (χ1v) is 17.4. The van der Waals surface area contributed by atoms with Crippen molar-refractivity contribution >= 4 is 60.8 Å². The molecule has 0 bridgehead atoms. The zero-order valence-corrected chi connectivity index (χ0v) is 27.8. The molecule has 2 aromatic heterocycles. The zero-order chi connectivity index (χ0) is 33.7. The molecule has 0 N–H and O–H groups in total. The number of hydrogen-bond acceptors (Lipinski definition) is 2. The van der Waals surface area contributed by atoms with Crippen LogP contribution in [0.4, 0.5) is 17.1 Å². The Kier molecular flexibility index (Phi) is 6.81. The Labute approximate surface area is 295 Å². The summed E-state index contributed by atoms with van der Waals surface area (Å²) in [6, 6.07) is 69.1. The van der Waals surface area contributed by atoms with Gasteiger partial charge in [0.2, 0.25) is 0 Å². The Bertz CT molecular complexity index is 2810. The monoisotopic (exact) mass is 652 g/mol. The van der Waals surface area contributed by atoms with Crippen molar-refractivity contribution in [3.8, 4) is 27.9 Å². The largest absolute Gasteiger partial charge is 0.454 e. The van der Waals surface area contributed by atoms with Crippen LogP contribution < -0.4 is 4.90 Å². The third-order valence-electron chi connectivity index (χ3n) is 10.00. The molecule has 0 atom stereocenters. The number of anilines is 3. The minimum Gasteiger partial charge on any atom is -0.454 e. The van der Waals surface area contributed by atoms with Crippen molar-refractivity contribution in [1.82, 2.24) is 4.57 Å². The molecule has 2 heterocycles. The first-order valence-electron chi connectivity index (χ1n) is 17.4. The van der Waals surface area contributed by atoms with Crippen molar-refractivity contribution in [2.24, 2.45) is 0 Å². The predicted molar refractivity (Wildman–Crippen MR) is 214 cm³/mol. The fraction of sp³-hybridized carbons (Fsp3) is 0. The van der Waals surface area contributed by atoms with Crippen LogP contribution >= 0.6 is 0 Å². The van der Waals surface area contributed by atoms with E-state index in [-0.39, 0.29) is 0 Å². The Morgan fingerprint density at radius 1 is 0.392 bits per heavy atom. The van der Waals surface area contributed by atoms with E-state index >= 15 is 0 Å². The van der Waals surface area contributed by atoms with Crippen molar-refractivity contribution in [3.63, 3.8) is 0 Å². The van der Waals surface area contributed by atoms with Crippen molar-refractivity contribution in [1.29, 1.82) is 0 Å². The summed E-state index contributed by atoms with van der Waals surface area (Å²) in [6.07, 6.45) is 0. The minimum atomic E-state index is 0.861. The fourth-order valence-corrected chi connectivity index (χ4v) is 7.68. The van der Waals surface area contributed by atoms with Crippen molar-refractivity contribution in [3.05, 3.63) is 194 Å². The molecule has 0 amide bonds. The second kappa shape index (κ2) is 11.9. The Hall–Kier alpha value is -6.84. The van der Waals surface area contributed by atoms with E-state index in [0.29, 0.717) is 0 Å². The van der Waals surface area contributed by atoms with Crippen LogP contribution in [0.2, 0.25) is 0 Å². The molecule has 0 spiro atoms. The lowest BCUT2D eigenvalue weighted by molar-refractivity contribution is 0.669. The summed E-state index contributed by atoms with van der Waals surface area (Å²) in [5.41, 5.74) is 13.0. The lowest BCUT2D eigenvalue weighted by atomic mass is 10.00. The van der Waals surface area contributed by atoms with E-state index in [2.05, 4.69) is 191 Å². The van der Waals surface area contributed by atoms with E-state index in [1.54, 1.807) is 0 Å². The molecule has 51 heavy (non-hydrogen) atoms. The molecule has 3 heteroatoms. The molecule has 0 saturated heterocycles. The first kappa shape index (κ1) is 29.1. The number of rotatable bonds is 6. The molecule has 0 aliphatic heterocycles. The van der Waals surface area contributed by atoms with E-state index in [4.69, 9.17) is 4.42 Å². The summed E-state index contributed by atoms with van der Waals surface area (Å²) in [5, 5.41) is 4.71. The number of nitrogens with zero attached hydrogens (tertiary/aromatic N) is 2. The Balaban J connectivity index is 1.18. The third kappa shape index (κ3) is 4.82. The van der Waals surface area contributed by atoms with Crippen molar-refractivity contribution < 1.29 is 4.42 Å². The molecule has 10 rings (SSSR count). The molecule has 0 aliphatic carbocycles. The van der Waals surface area contributed by atoms with E-state index in [9.17, 15) is 0 Å². The smallest absolute Gasteiger partial charge is 0.159 e. The highest BCUT2D eigenvalue weighted by atomic mass is 16.3. The first-order chi connectivity index (χ1) is 25.3. The summed E-state index contributed by atoms with van der Waals surface area (Å²) in [7, 11) is 0. The van der Waals surface area contributed by atoms with Gasteiger partial charge in [-0.25, -0.2) is 0 Å². The summed E-state index contributed by atoms with van der Waals surface area (Å²) >= 11 is 0. The van der Waals surface area contributed by atoms with Crippen LogP contribution in [-0.2, 0) is 0 Å². The van der Waals surface area contributed by atoms with Gasteiger partial charge in [-0.15, -0.1) is 0 Å². The summed E-state index contributed by atoms with van der Waals surface area (Å²) in [6.45, 7) is 0. The van der Waals surface area contributed by atoms with E-state index in [0.717, 1.165) is 55.8 Å². The third-order valence-corrected chi connectivity index (χ3v) is 10.00. The average molecular weight is 653 g/mol. The van der Waals surface area contributed by atoms with Gasteiger partial charge in [-0.1, -0.05) is 140 Å².